The van der Waals surface area contributed by atoms with E-state index in [-0.39, 0.29) is 0 Å². The Morgan fingerprint density at radius 2 is 0.838 bits per heavy atom. The maximum absolute atomic E-state index is 12.0. The van der Waals surface area contributed by atoms with Crippen LogP contribution in [-0.4, -0.2) is 23.8 Å². The van der Waals surface area contributed by atoms with Crippen molar-refractivity contribution in [2.24, 2.45) is 5.92 Å². The van der Waals surface area contributed by atoms with E-state index >= 15 is 0 Å². The molecule has 0 radical (unpaired) electrons. The van der Waals surface area contributed by atoms with Gasteiger partial charge in [0, 0.05) is 0 Å². The second-order valence-corrected chi connectivity index (χ2v) is 12.1. The Bertz CT molecular complexity index is 448. The third kappa shape index (κ3) is 29.8. The second-order valence-electron chi connectivity index (χ2n) is 12.1. The molecule has 0 aliphatic rings. The van der Waals surface area contributed by atoms with Crippen LogP contribution in [0.25, 0.3) is 0 Å². The minimum Gasteiger partial charge on any atom is -0.464 e. The average molecular weight is 525 g/mol. The van der Waals surface area contributed by atoms with E-state index < -0.39 is 12.1 Å². The van der Waals surface area contributed by atoms with Gasteiger partial charge in [-0.05, 0) is 18.8 Å². The van der Waals surface area contributed by atoms with E-state index in [1.54, 1.807) is 0 Å². The largest absolute Gasteiger partial charge is 0.464 e. The lowest BCUT2D eigenvalue weighted by molar-refractivity contribution is -0.154. The molecule has 0 saturated heterocycles. The molecule has 0 amide bonds. The predicted molar refractivity (Wildman–Crippen MR) is 162 cm³/mol. The van der Waals surface area contributed by atoms with E-state index in [9.17, 15) is 9.90 Å². The number of carbonyl (C=O) groups excluding carboxylic acids is 1. The summed E-state index contributed by atoms with van der Waals surface area (Å²) in [5.74, 6) is 0.440. The van der Waals surface area contributed by atoms with Gasteiger partial charge in [0.15, 0.2) is 6.10 Å². The van der Waals surface area contributed by atoms with Crippen molar-refractivity contribution in [1.82, 2.24) is 0 Å². The number of hydrogen-bond donors (Lipinski definition) is 1. The van der Waals surface area contributed by atoms with Crippen LogP contribution in [0.5, 0.6) is 0 Å². The topological polar surface area (TPSA) is 46.5 Å². The summed E-state index contributed by atoms with van der Waals surface area (Å²) in [6, 6.07) is 0. The van der Waals surface area contributed by atoms with E-state index in [0.717, 1.165) is 31.6 Å². The summed E-state index contributed by atoms with van der Waals surface area (Å²) in [5.41, 5.74) is 0. The zero-order valence-electron chi connectivity index (χ0n) is 25.7. The summed E-state index contributed by atoms with van der Waals surface area (Å²) in [7, 11) is 0. The molecule has 0 aliphatic carbocycles. The van der Waals surface area contributed by atoms with Gasteiger partial charge in [0.05, 0.1) is 6.61 Å². The molecule has 1 unspecified atom stereocenters. The number of rotatable bonds is 30. The third-order valence-electron chi connectivity index (χ3n) is 7.77. The zero-order valence-corrected chi connectivity index (χ0v) is 25.7. The summed E-state index contributed by atoms with van der Waals surface area (Å²) in [5, 5.41) is 10.0. The van der Waals surface area contributed by atoms with Crippen LogP contribution in [0.4, 0.5) is 0 Å². The first-order valence-electron chi connectivity index (χ1n) is 16.9. The van der Waals surface area contributed by atoms with Crippen LogP contribution in [0.2, 0.25) is 0 Å². The second kappa shape index (κ2) is 30.0. The minimum absolute atomic E-state index is 0.414. The van der Waals surface area contributed by atoms with Crippen LogP contribution in [-0.2, 0) is 9.53 Å². The predicted octanol–water partition coefficient (Wildman–Crippen LogP) is 11.1. The van der Waals surface area contributed by atoms with E-state index in [4.69, 9.17) is 4.74 Å². The molecule has 0 aliphatic heterocycles. The minimum atomic E-state index is -0.928. The number of esters is 1. The summed E-state index contributed by atoms with van der Waals surface area (Å²) < 4.78 is 5.29. The molecule has 3 heteroatoms. The van der Waals surface area contributed by atoms with Crippen molar-refractivity contribution in [2.45, 2.75) is 200 Å². The smallest absolute Gasteiger partial charge is 0.334 e. The Labute approximate surface area is 233 Å². The Morgan fingerprint density at radius 1 is 0.514 bits per heavy atom. The van der Waals surface area contributed by atoms with Gasteiger partial charge in [0.2, 0.25) is 0 Å². The molecule has 1 atom stereocenters. The van der Waals surface area contributed by atoms with Crippen molar-refractivity contribution in [3.63, 3.8) is 0 Å². The van der Waals surface area contributed by atoms with Crippen LogP contribution >= 0.6 is 0 Å². The van der Waals surface area contributed by atoms with Crippen molar-refractivity contribution >= 4 is 5.97 Å². The summed E-state index contributed by atoms with van der Waals surface area (Å²) in [6.45, 7) is 7.37. The number of unbranched alkanes of at least 4 members (excludes halogenated alkanes) is 23. The molecule has 0 saturated carbocycles. The van der Waals surface area contributed by atoms with Gasteiger partial charge in [-0.3, -0.25) is 0 Å². The highest BCUT2D eigenvalue weighted by atomic mass is 16.5. The van der Waals surface area contributed by atoms with Crippen LogP contribution < -0.4 is 0 Å². The molecule has 0 rings (SSSR count). The lowest BCUT2D eigenvalue weighted by Gasteiger charge is -2.10. The van der Waals surface area contributed by atoms with Crippen LogP contribution in [0.3, 0.4) is 0 Å². The first-order chi connectivity index (χ1) is 18.1. The maximum Gasteiger partial charge on any atom is 0.334 e. The Hall–Kier alpha value is -0.570. The monoisotopic (exact) mass is 525 g/mol. The Balaban J connectivity index is 3.29. The lowest BCUT2D eigenvalue weighted by Crippen LogP contribution is -2.23. The number of ether oxygens (including phenoxy) is 1. The third-order valence-corrected chi connectivity index (χ3v) is 7.77. The number of hydrogen-bond acceptors (Lipinski definition) is 3. The summed E-state index contributed by atoms with van der Waals surface area (Å²) in [4.78, 5) is 12.0. The molecule has 0 bridgehead atoms. The van der Waals surface area contributed by atoms with Crippen LogP contribution in [0, 0.1) is 5.92 Å². The molecule has 0 aromatic heterocycles. The van der Waals surface area contributed by atoms with Gasteiger partial charge < -0.3 is 9.84 Å². The number of aliphatic hydroxyl groups is 1. The molecule has 0 spiro atoms. The molecule has 0 aromatic rings. The molecule has 1 N–H and O–H groups in total. The van der Waals surface area contributed by atoms with E-state index in [1.165, 1.54) is 141 Å². The van der Waals surface area contributed by atoms with Gasteiger partial charge in [-0.1, -0.05) is 181 Å². The molecule has 37 heavy (non-hydrogen) atoms. The highest BCUT2D eigenvalue weighted by Gasteiger charge is 2.15. The Kier molecular flexibility index (Phi) is 29.5. The SMILES string of the molecule is CCCCCCCCCCCCCCCCC(O)C(=O)OCCCCCCCCCCCCCC(C)C. The fraction of sp³-hybridized carbons (Fsp3) is 0.971. The van der Waals surface area contributed by atoms with Gasteiger partial charge in [-0.2, -0.15) is 0 Å². The number of carbonyl (C=O) groups is 1. The van der Waals surface area contributed by atoms with Gasteiger partial charge in [0.1, 0.15) is 0 Å². The normalized spacial score (nSPS) is 12.4. The molecule has 0 aromatic carbocycles. The molecule has 222 valence electrons. The number of aliphatic hydroxyl groups excluding tert-OH is 1. The highest BCUT2D eigenvalue weighted by Crippen LogP contribution is 2.15. The van der Waals surface area contributed by atoms with Gasteiger partial charge in [-0.15, -0.1) is 0 Å². The maximum atomic E-state index is 12.0. The fourth-order valence-electron chi connectivity index (χ4n) is 5.16. The van der Waals surface area contributed by atoms with Crippen molar-refractivity contribution in [3.05, 3.63) is 0 Å². The standard InChI is InChI=1S/C34H68O3/c1-4-5-6-7-8-9-10-11-12-15-18-21-24-27-30-33(35)34(36)37-31-28-25-22-19-16-13-14-17-20-23-26-29-32(2)3/h32-33,35H,4-31H2,1-3H3. The van der Waals surface area contributed by atoms with Gasteiger partial charge in [-0.25, -0.2) is 4.79 Å². The molecular weight excluding hydrogens is 456 g/mol. The van der Waals surface area contributed by atoms with E-state index in [1.807, 2.05) is 0 Å². The highest BCUT2D eigenvalue weighted by molar-refractivity contribution is 5.74. The van der Waals surface area contributed by atoms with E-state index in [2.05, 4.69) is 20.8 Å². The average Bonchev–Trinajstić information content (AvgIpc) is 2.88. The molecular formula is C34H68O3. The quantitative estimate of drug-likeness (QED) is 0.0750. The lowest BCUT2D eigenvalue weighted by atomic mass is 10.0. The van der Waals surface area contributed by atoms with Crippen molar-refractivity contribution in [2.75, 3.05) is 6.61 Å². The Morgan fingerprint density at radius 3 is 1.22 bits per heavy atom. The fourth-order valence-corrected chi connectivity index (χ4v) is 5.16. The zero-order chi connectivity index (χ0) is 27.2. The van der Waals surface area contributed by atoms with Crippen molar-refractivity contribution in [3.8, 4) is 0 Å². The molecule has 3 nitrogen and oxygen atoms in total. The first-order valence-corrected chi connectivity index (χ1v) is 16.9. The van der Waals surface area contributed by atoms with Gasteiger partial charge in [0.25, 0.3) is 0 Å². The van der Waals surface area contributed by atoms with E-state index in [0.29, 0.717) is 13.0 Å². The summed E-state index contributed by atoms with van der Waals surface area (Å²) >= 11 is 0. The molecule has 0 heterocycles. The first kappa shape index (κ1) is 36.4. The van der Waals surface area contributed by atoms with Gasteiger partial charge >= 0.3 is 5.97 Å². The summed E-state index contributed by atoms with van der Waals surface area (Å²) in [6.07, 6.45) is 33.7. The van der Waals surface area contributed by atoms with Crippen molar-refractivity contribution in [1.29, 1.82) is 0 Å². The van der Waals surface area contributed by atoms with Crippen LogP contribution in [0.15, 0.2) is 0 Å². The molecule has 0 fully saturated rings. The van der Waals surface area contributed by atoms with Crippen molar-refractivity contribution < 1.29 is 14.6 Å². The van der Waals surface area contributed by atoms with Crippen LogP contribution in [0.1, 0.15) is 194 Å².